The summed E-state index contributed by atoms with van der Waals surface area (Å²) in [4.78, 5) is 19.6. The van der Waals surface area contributed by atoms with E-state index in [1.54, 1.807) is 0 Å². The zero-order valence-electron chi connectivity index (χ0n) is 14.6. The third-order valence-electron chi connectivity index (χ3n) is 3.93. The van der Waals surface area contributed by atoms with E-state index in [4.69, 9.17) is 4.52 Å². The van der Waals surface area contributed by atoms with Gasteiger partial charge in [0.25, 0.3) is 5.91 Å². The fourth-order valence-corrected chi connectivity index (χ4v) is 3.29. The van der Waals surface area contributed by atoms with E-state index in [1.807, 2.05) is 67.4 Å². The molecule has 0 aliphatic heterocycles. The van der Waals surface area contributed by atoms with Crippen LogP contribution in [0.5, 0.6) is 0 Å². The largest absolute Gasteiger partial charge is 0.339 e. The van der Waals surface area contributed by atoms with Crippen LogP contribution in [0.4, 0.5) is 0 Å². The molecule has 0 bridgehead atoms. The number of benzene rings is 1. The van der Waals surface area contributed by atoms with Crippen molar-refractivity contribution >= 4 is 17.2 Å². The number of amides is 1. The van der Waals surface area contributed by atoms with Gasteiger partial charge in [-0.2, -0.15) is 4.98 Å². The number of aryl methyl sites for hydroxylation is 1. The van der Waals surface area contributed by atoms with Gasteiger partial charge in [0.15, 0.2) is 0 Å². The molecule has 0 N–H and O–H groups in total. The molecule has 0 spiro atoms. The molecule has 0 aliphatic carbocycles. The Bertz CT molecular complexity index is 840. The van der Waals surface area contributed by atoms with Crippen LogP contribution in [0.15, 0.2) is 46.3 Å². The lowest BCUT2D eigenvalue weighted by atomic mass is 10.1. The van der Waals surface area contributed by atoms with E-state index < -0.39 is 0 Å². The molecule has 130 valence electrons. The van der Waals surface area contributed by atoms with Crippen LogP contribution in [-0.2, 0) is 6.42 Å². The Balaban J connectivity index is 1.69. The number of nitrogens with zero attached hydrogens (tertiary/aromatic N) is 3. The third kappa shape index (κ3) is 4.14. The summed E-state index contributed by atoms with van der Waals surface area (Å²) >= 11 is 1.46. The van der Waals surface area contributed by atoms with Gasteiger partial charge >= 0.3 is 0 Å². The number of aromatic nitrogens is 2. The number of carbonyl (C=O) groups is 1. The van der Waals surface area contributed by atoms with Crippen molar-refractivity contribution in [3.05, 3.63) is 58.1 Å². The van der Waals surface area contributed by atoms with E-state index in [0.717, 1.165) is 16.0 Å². The van der Waals surface area contributed by atoms with Crippen LogP contribution < -0.4 is 0 Å². The predicted molar refractivity (Wildman–Crippen MR) is 98.7 cm³/mol. The molecule has 2 heterocycles. The van der Waals surface area contributed by atoms with Gasteiger partial charge in [-0.3, -0.25) is 4.79 Å². The minimum Gasteiger partial charge on any atom is -0.339 e. The van der Waals surface area contributed by atoms with E-state index >= 15 is 0 Å². The molecule has 0 aliphatic rings. The normalized spacial score (nSPS) is 11.0. The Morgan fingerprint density at radius 1 is 1.28 bits per heavy atom. The first-order chi connectivity index (χ1) is 12.0. The molecular weight excluding hydrogens is 334 g/mol. The fraction of sp³-hybridized carbons (Fsp3) is 0.316. The fourth-order valence-electron chi connectivity index (χ4n) is 2.61. The highest BCUT2D eigenvalue weighted by atomic mass is 32.1. The van der Waals surface area contributed by atoms with Crippen molar-refractivity contribution in [2.75, 3.05) is 6.54 Å². The lowest BCUT2D eigenvalue weighted by Gasteiger charge is -2.25. The van der Waals surface area contributed by atoms with Crippen molar-refractivity contribution in [3.8, 4) is 11.4 Å². The first-order valence-corrected chi connectivity index (χ1v) is 9.16. The average Bonchev–Trinajstić information content (AvgIpc) is 3.26. The van der Waals surface area contributed by atoms with Crippen LogP contribution in [0.3, 0.4) is 0 Å². The van der Waals surface area contributed by atoms with Gasteiger partial charge in [-0.05, 0) is 38.3 Å². The highest BCUT2D eigenvalue weighted by Gasteiger charge is 2.20. The summed E-state index contributed by atoms with van der Waals surface area (Å²) in [5.74, 6) is 1.17. The van der Waals surface area contributed by atoms with Crippen molar-refractivity contribution in [2.24, 2.45) is 0 Å². The third-order valence-corrected chi connectivity index (χ3v) is 4.78. The van der Waals surface area contributed by atoms with Gasteiger partial charge < -0.3 is 9.42 Å². The zero-order valence-corrected chi connectivity index (χ0v) is 15.4. The number of rotatable bonds is 6. The predicted octanol–water partition coefficient (Wildman–Crippen LogP) is 4.20. The molecule has 1 amide bonds. The van der Waals surface area contributed by atoms with Gasteiger partial charge in [-0.25, -0.2) is 0 Å². The molecule has 6 heteroatoms. The standard InChI is InChI=1S/C19H21N3O2S/c1-13(2)22(19(23)16-8-5-11-25-16)10-9-17-20-18(21-24-17)15-7-4-6-14(3)12-15/h4-8,11-13H,9-10H2,1-3H3. The second-order valence-electron chi connectivity index (χ2n) is 6.20. The van der Waals surface area contributed by atoms with Crippen LogP contribution in [-0.4, -0.2) is 33.5 Å². The minimum atomic E-state index is 0.0448. The number of thiophene rings is 1. The molecule has 0 unspecified atom stereocenters. The molecule has 2 aromatic heterocycles. The first kappa shape index (κ1) is 17.4. The molecule has 0 saturated carbocycles. The first-order valence-electron chi connectivity index (χ1n) is 8.28. The van der Waals surface area contributed by atoms with Crippen molar-refractivity contribution in [2.45, 2.75) is 33.2 Å². The summed E-state index contributed by atoms with van der Waals surface area (Å²) < 4.78 is 5.36. The monoisotopic (exact) mass is 355 g/mol. The summed E-state index contributed by atoms with van der Waals surface area (Å²) in [6.45, 7) is 6.60. The number of carbonyl (C=O) groups excluding carboxylic acids is 1. The summed E-state index contributed by atoms with van der Waals surface area (Å²) in [5.41, 5.74) is 2.08. The van der Waals surface area contributed by atoms with Crippen LogP contribution in [0.2, 0.25) is 0 Å². The number of hydrogen-bond donors (Lipinski definition) is 0. The zero-order chi connectivity index (χ0) is 17.8. The summed E-state index contributed by atoms with van der Waals surface area (Å²) in [5, 5.41) is 5.97. The Morgan fingerprint density at radius 3 is 2.80 bits per heavy atom. The second-order valence-corrected chi connectivity index (χ2v) is 7.15. The molecular formula is C19H21N3O2S. The van der Waals surface area contributed by atoms with Crippen molar-refractivity contribution < 1.29 is 9.32 Å². The lowest BCUT2D eigenvalue weighted by Crippen LogP contribution is -2.38. The summed E-state index contributed by atoms with van der Waals surface area (Å²) in [6, 6.07) is 11.8. The molecule has 25 heavy (non-hydrogen) atoms. The maximum atomic E-state index is 12.6. The van der Waals surface area contributed by atoms with Gasteiger partial charge in [0.2, 0.25) is 11.7 Å². The molecule has 3 aromatic rings. The molecule has 0 radical (unpaired) electrons. The van der Waals surface area contributed by atoms with Gasteiger partial charge in [-0.1, -0.05) is 35.0 Å². The van der Waals surface area contributed by atoms with E-state index in [9.17, 15) is 4.79 Å². The Hall–Kier alpha value is -2.47. The van der Waals surface area contributed by atoms with Crippen molar-refractivity contribution in [3.63, 3.8) is 0 Å². The van der Waals surface area contributed by atoms with E-state index in [-0.39, 0.29) is 11.9 Å². The molecule has 1 aromatic carbocycles. The van der Waals surface area contributed by atoms with Crippen LogP contribution >= 0.6 is 11.3 Å². The molecule has 3 rings (SSSR count). The SMILES string of the molecule is Cc1cccc(-c2noc(CCN(C(=O)c3cccs3)C(C)C)n2)c1. The van der Waals surface area contributed by atoms with Gasteiger partial charge in [0.05, 0.1) is 4.88 Å². The maximum absolute atomic E-state index is 12.6. The van der Waals surface area contributed by atoms with Crippen LogP contribution in [0, 0.1) is 6.92 Å². The quantitative estimate of drug-likeness (QED) is 0.665. The Morgan fingerprint density at radius 2 is 2.12 bits per heavy atom. The number of hydrogen-bond acceptors (Lipinski definition) is 5. The highest BCUT2D eigenvalue weighted by molar-refractivity contribution is 7.12. The second kappa shape index (κ2) is 7.61. The maximum Gasteiger partial charge on any atom is 0.264 e. The molecule has 0 fully saturated rings. The van der Waals surface area contributed by atoms with Crippen LogP contribution in [0.1, 0.15) is 35.0 Å². The Kier molecular flexibility index (Phi) is 5.28. The topological polar surface area (TPSA) is 59.2 Å². The van der Waals surface area contributed by atoms with Crippen molar-refractivity contribution in [1.82, 2.24) is 15.0 Å². The summed E-state index contributed by atoms with van der Waals surface area (Å²) in [6.07, 6.45) is 0.536. The highest BCUT2D eigenvalue weighted by Crippen LogP contribution is 2.18. The van der Waals surface area contributed by atoms with Crippen molar-refractivity contribution in [1.29, 1.82) is 0 Å². The summed E-state index contributed by atoms with van der Waals surface area (Å²) in [7, 11) is 0. The van der Waals surface area contributed by atoms with E-state index in [2.05, 4.69) is 10.1 Å². The van der Waals surface area contributed by atoms with Crippen LogP contribution in [0.25, 0.3) is 11.4 Å². The van der Waals surface area contributed by atoms with Gasteiger partial charge in [-0.15, -0.1) is 11.3 Å². The molecule has 0 saturated heterocycles. The smallest absolute Gasteiger partial charge is 0.264 e. The molecule has 5 nitrogen and oxygen atoms in total. The average molecular weight is 355 g/mol. The van der Waals surface area contributed by atoms with Gasteiger partial charge in [0, 0.05) is 24.6 Å². The molecule has 0 atom stereocenters. The van der Waals surface area contributed by atoms with Gasteiger partial charge in [0.1, 0.15) is 0 Å². The minimum absolute atomic E-state index is 0.0448. The Labute approximate surface area is 151 Å². The lowest BCUT2D eigenvalue weighted by molar-refractivity contribution is 0.0709. The van der Waals surface area contributed by atoms with E-state index in [0.29, 0.717) is 24.7 Å². The van der Waals surface area contributed by atoms with E-state index in [1.165, 1.54) is 11.3 Å².